The number of thiophene rings is 1. The fourth-order valence-corrected chi connectivity index (χ4v) is 3.23. The molecule has 0 saturated carbocycles. The van der Waals surface area contributed by atoms with Gasteiger partial charge in [-0.25, -0.2) is 0 Å². The SMILES string of the molecule is COc1ccc(CCC(=O)NCC(OC)c2ccc(C)s2)cc1. The number of carbonyl (C=O) groups is 1. The lowest BCUT2D eigenvalue weighted by Gasteiger charge is -2.14. The third kappa shape index (κ3) is 5.37. The predicted octanol–water partition coefficient (Wildman–Crippen LogP) is 3.50. The zero-order chi connectivity index (χ0) is 16.7. The van der Waals surface area contributed by atoms with Crippen LogP contribution in [0.5, 0.6) is 5.75 Å². The summed E-state index contributed by atoms with van der Waals surface area (Å²) in [5.74, 6) is 0.864. The summed E-state index contributed by atoms with van der Waals surface area (Å²) in [5.41, 5.74) is 1.12. The van der Waals surface area contributed by atoms with Gasteiger partial charge in [-0.3, -0.25) is 4.79 Å². The number of aryl methyl sites for hydroxylation is 2. The van der Waals surface area contributed by atoms with Crippen molar-refractivity contribution in [3.05, 3.63) is 51.7 Å². The van der Waals surface area contributed by atoms with Gasteiger partial charge in [0.2, 0.25) is 5.91 Å². The maximum absolute atomic E-state index is 12.0. The van der Waals surface area contributed by atoms with Crippen LogP contribution in [-0.2, 0) is 16.0 Å². The van der Waals surface area contributed by atoms with Crippen molar-refractivity contribution in [3.8, 4) is 5.75 Å². The Morgan fingerprint density at radius 2 is 1.91 bits per heavy atom. The Bertz CT molecular complexity index is 621. The molecule has 1 N–H and O–H groups in total. The fraction of sp³-hybridized carbons (Fsp3) is 0.389. The van der Waals surface area contributed by atoms with Crippen molar-refractivity contribution in [2.24, 2.45) is 0 Å². The molecule has 124 valence electrons. The average Bonchev–Trinajstić information content (AvgIpc) is 3.00. The maximum atomic E-state index is 12.0. The summed E-state index contributed by atoms with van der Waals surface area (Å²) < 4.78 is 10.6. The summed E-state index contributed by atoms with van der Waals surface area (Å²) in [5, 5.41) is 2.95. The lowest BCUT2D eigenvalue weighted by Crippen LogP contribution is -2.29. The Balaban J connectivity index is 1.77. The number of carbonyl (C=O) groups excluding carboxylic acids is 1. The van der Waals surface area contributed by atoms with Crippen molar-refractivity contribution >= 4 is 17.2 Å². The van der Waals surface area contributed by atoms with E-state index >= 15 is 0 Å². The summed E-state index contributed by atoms with van der Waals surface area (Å²) in [6.07, 6.45) is 1.09. The molecule has 1 heterocycles. The van der Waals surface area contributed by atoms with Crippen molar-refractivity contribution in [1.82, 2.24) is 5.32 Å². The molecule has 2 aromatic rings. The van der Waals surface area contributed by atoms with Crippen molar-refractivity contribution in [2.45, 2.75) is 25.9 Å². The average molecular weight is 333 g/mol. The summed E-state index contributed by atoms with van der Waals surface area (Å²) in [6, 6.07) is 11.9. The van der Waals surface area contributed by atoms with Gasteiger partial charge in [0.25, 0.3) is 0 Å². The molecule has 0 fully saturated rings. The van der Waals surface area contributed by atoms with Crippen LogP contribution in [-0.4, -0.2) is 26.7 Å². The second-order valence-electron chi connectivity index (χ2n) is 5.32. The van der Waals surface area contributed by atoms with Gasteiger partial charge in [-0.15, -0.1) is 11.3 Å². The third-order valence-electron chi connectivity index (χ3n) is 3.65. The van der Waals surface area contributed by atoms with E-state index in [2.05, 4.69) is 24.4 Å². The first-order chi connectivity index (χ1) is 11.1. The second-order valence-corrected chi connectivity index (χ2v) is 6.64. The van der Waals surface area contributed by atoms with Gasteiger partial charge >= 0.3 is 0 Å². The van der Waals surface area contributed by atoms with Crippen LogP contribution in [0.4, 0.5) is 0 Å². The molecular weight excluding hydrogens is 310 g/mol. The number of hydrogen-bond acceptors (Lipinski definition) is 4. The highest BCUT2D eigenvalue weighted by atomic mass is 32.1. The first kappa shape index (κ1) is 17.5. The molecule has 1 atom stereocenters. The summed E-state index contributed by atoms with van der Waals surface area (Å²) >= 11 is 1.70. The first-order valence-electron chi connectivity index (χ1n) is 7.61. The maximum Gasteiger partial charge on any atom is 0.220 e. The van der Waals surface area contributed by atoms with E-state index in [1.807, 2.05) is 24.3 Å². The number of rotatable bonds is 8. The highest BCUT2D eigenvalue weighted by Crippen LogP contribution is 2.24. The van der Waals surface area contributed by atoms with Gasteiger partial charge in [0.1, 0.15) is 11.9 Å². The number of methoxy groups -OCH3 is 2. The zero-order valence-electron chi connectivity index (χ0n) is 13.8. The Hall–Kier alpha value is -1.85. The minimum Gasteiger partial charge on any atom is -0.497 e. The standard InChI is InChI=1S/C18H23NO3S/c1-13-4-10-17(23-13)16(22-3)12-19-18(20)11-7-14-5-8-15(21-2)9-6-14/h4-6,8-10,16H,7,11-12H2,1-3H3,(H,19,20). The molecule has 23 heavy (non-hydrogen) atoms. The Morgan fingerprint density at radius 3 is 2.48 bits per heavy atom. The molecule has 0 bridgehead atoms. The Labute approximate surface area is 141 Å². The van der Waals surface area contributed by atoms with Gasteiger partial charge in [0.05, 0.1) is 7.11 Å². The van der Waals surface area contributed by atoms with Crippen LogP contribution in [0.1, 0.15) is 27.8 Å². The highest BCUT2D eigenvalue weighted by molar-refractivity contribution is 7.12. The van der Waals surface area contributed by atoms with Gasteiger partial charge < -0.3 is 14.8 Å². The van der Waals surface area contributed by atoms with Crippen molar-refractivity contribution in [1.29, 1.82) is 0 Å². The van der Waals surface area contributed by atoms with E-state index in [4.69, 9.17) is 9.47 Å². The van der Waals surface area contributed by atoms with E-state index < -0.39 is 0 Å². The molecule has 1 amide bonds. The van der Waals surface area contributed by atoms with Crippen LogP contribution in [0.25, 0.3) is 0 Å². The number of ether oxygens (including phenoxy) is 2. The van der Waals surface area contributed by atoms with Crippen molar-refractivity contribution in [3.63, 3.8) is 0 Å². The summed E-state index contributed by atoms with van der Waals surface area (Å²) in [4.78, 5) is 14.4. The molecule has 4 nitrogen and oxygen atoms in total. The van der Waals surface area contributed by atoms with Gasteiger partial charge in [-0.05, 0) is 43.2 Å². The molecule has 5 heteroatoms. The quantitative estimate of drug-likeness (QED) is 0.804. The number of benzene rings is 1. The minimum atomic E-state index is -0.0846. The van der Waals surface area contributed by atoms with Gasteiger partial charge in [-0.2, -0.15) is 0 Å². The van der Waals surface area contributed by atoms with Crippen LogP contribution in [0.15, 0.2) is 36.4 Å². The van der Waals surface area contributed by atoms with E-state index in [1.54, 1.807) is 25.6 Å². The molecule has 0 aliphatic rings. The molecule has 1 aromatic carbocycles. The van der Waals surface area contributed by atoms with Crippen molar-refractivity contribution < 1.29 is 14.3 Å². The molecule has 0 saturated heterocycles. The molecule has 0 radical (unpaired) electrons. The fourth-order valence-electron chi connectivity index (χ4n) is 2.27. The summed E-state index contributed by atoms with van der Waals surface area (Å²) in [6.45, 7) is 2.56. The lowest BCUT2D eigenvalue weighted by molar-refractivity contribution is -0.121. The molecule has 0 spiro atoms. The lowest BCUT2D eigenvalue weighted by atomic mass is 10.1. The van der Waals surface area contributed by atoms with Crippen LogP contribution < -0.4 is 10.1 Å². The molecule has 1 unspecified atom stereocenters. The van der Waals surface area contributed by atoms with Crippen LogP contribution in [0.2, 0.25) is 0 Å². The highest BCUT2D eigenvalue weighted by Gasteiger charge is 2.13. The smallest absolute Gasteiger partial charge is 0.220 e. The largest absolute Gasteiger partial charge is 0.497 e. The third-order valence-corrected chi connectivity index (χ3v) is 4.74. The van der Waals surface area contributed by atoms with Crippen molar-refractivity contribution in [2.75, 3.05) is 20.8 Å². The number of nitrogens with one attached hydrogen (secondary N) is 1. The molecular formula is C18H23NO3S. The van der Waals surface area contributed by atoms with Crippen LogP contribution >= 0.6 is 11.3 Å². The Kier molecular flexibility index (Phi) is 6.62. The predicted molar refractivity (Wildman–Crippen MR) is 93.1 cm³/mol. The molecule has 0 aliphatic carbocycles. The van der Waals surface area contributed by atoms with E-state index in [-0.39, 0.29) is 12.0 Å². The number of hydrogen-bond donors (Lipinski definition) is 1. The molecule has 1 aromatic heterocycles. The van der Waals surface area contributed by atoms with E-state index in [0.29, 0.717) is 19.4 Å². The molecule has 2 rings (SSSR count). The van der Waals surface area contributed by atoms with Gasteiger partial charge in [0, 0.05) is 29.8 Å². The normalized spacial score (nSPS) is 12.0. The van der Waals surface area contributed by atoms with Gasteiger partial charge in [0.15, 0.2) is 0 Å². The van der Waals surface area contributed by atoms with Gasteiger partial charge in [-0.1, -0.05) is 12.1 Å². The molecule has 0 aliphatic heterocycles. The summed E-state index contributed by atoms with van der Waals surface area (Å²) in [7, 11) is 3.31. The van der Waals surface area contributed by atoms with E-state index in [1.165, 1.54) is 4.88 Å². The Morgan fingerprint density at radius 1 is 1.17 bits per heavy atom. The minimum absolute atomic E-state index is 0.0381. The van der Waals surface area contributed by atoms with E-state index in [0.717, 1.165) is 16.2 Å². The topological polar surface area (TPSA) is 47.6 Å². The first-order valence-corrected chi connectivity index (χ1v) is 8.42. The van der Waals surface area contributed by atoms with E-state index in [9.17, 15) is 4.79 Å². The van der Waals surface area contributed by atoms with Crippen LogP contribution in [0, 0.1) is 6.92 Å². The second kappa shape index (κ2) is 8.70. The number of amides is 1. The zero-order valence-corrected chi connectivity index (χ0v) is 14.6. The van der Waals surface area contributed by atoms with Crippen LogP contribution in [0.3, 0.4) is 0 Å². The monoisotopic (exact) mass is 333 g/mol.